The van der Waals surface area contributed by atoms with Crippen molar-refractivity contribution in [3.8, 4) is 11.8 Å². The van der Waals surface area contributed by atoms with Crippen LogP contribution in [0.5, 0.6) is 0 Å². The monoisotopic (exact) mass is 481 g/mol. The number of benzene rings is 2. The van der Waals surface area contributed by atoms with Crippen molar-refractivity contribution in [2.45, 2.75) is 20.8 Å². The molecule has 0 aliphatic rings. The zero-order valence-electron chi connectivity index (χ0n) is 20.0. The second-order valence-corrected chi connectivity index (χ2v) is 7.92. The van der Waals surface area contributed by atoms with E-state index in [2.05, 4.69) is 26.9 Å². The van der Waals surface area contributed by atoms with E-state index in [1.807, 2.05) is 74.5 Å². The number of carbonyl (C=O) groups excluding carboxylic acids is 2. The molecule has 0 saturated heterocycles. The third-order valence-corrected chi connectivity index (χ3v) is 5.60. The molecule has 36 heavy (non-hydrogen) atoms. The molecular formula is C26H23N7O3. The number of anilines is 1. The maximum atomic E-state index is 13.0. The van der Waals surface area contributed by atoms with Crippen LogP contribution in [0, 0.1) is 32.1 Å². The van der Waals surface area contributed by atoms with Gasteiger partial charge in [-0.25, -0.2) is 4.79 Å². The Morgan fingerprint density at radius 1 is 1.06 bits per heavy atom. The summed E-state index contributed by atoms with van der Waals surface area (Å²) >= 11 is 0. The summed E-state index contributed by atoms with van der Waals surface area (Å²) < 4.78 is 8.35. The molecule has 1 amide bonds. The first-order chi connectivity index (χ1) is 17.4. The van der Waals surface area contributed by atoms with Gasteiger partial charge in [-0.15, -0.1) is 5.10 Å². The summed E-state index contributed by atoms with van der Waals surface area (Å²) in [5.74, 6) is -0.683. The van der Waals surface area contributed by atoms with Crippen LogP contribution in [0.25, 0.3) is 17.5 Å². The van der Waals surface area contributed by atoms with E-state index in [0.717, 1.165) is 22.5 Å². The van der Waals surface area contributed by atoms with Crippen molar-refractivity contribution < 1.29 is 14.3 Å². The molecule has 0 fully saturated rings. The van der Waals surface area contributed by atoms with E-state index in [9.17, 15) is 14.9 Å². The Hall–Kier alpha value is -5.04. The number of esters is 1. The fraction of sp³-hybridized carbons (Fsp3) is 0.154. The van der Waals surface area contributed by atoms with Crippen molar-refractivity contribution >= 4 is 29.5 Å². The highest BCUT2D eigenvalue weighted by Gasteiger charge is 2.23. The molecule has 4 aromatic rings. The van der Waals surface area contributed by atoms with E-state index in [1.165, 1.54) is 4.68 Å². The van der Waals surface area contributed by atoms with Crippen molar-refractivity contribution in [2.75, 3.05) is 11.9 Å². The molecule has 0 spiro atoms. The minimum Gasteiger partial charge on any atom is -0.451 e. The molecule has 0 atom stereocenters. The molecule has 4 rings (SSSR count). The van der Waals surface area contributed by atoms with E-state index >= 15 is 0 Å². The van der Waals surface area contributed by atoms with Crippen LogP contribution in [0.2, 0.25) is 0 Å². The molecule has 1 N–H and O–H groups in total. The highest BCUT2D eigenvalue weighted by molar-refractivity contribution is 6.15. The maximum absolute atomic E-state index is 13.0. The molecule has 0 bridgehead atoms. The van der Waals surface area contributed by atoms with Crippen molar-refractivity contribution in [1.29, 1.82) is 5.26 Å². The Balaban J connectivity index is 1.56. The predicted octanol–water partition coefficient (Wildman–Crippen LogP) is 3.44. The van der Waals surface area contributed by atoms with Crippen LogP contribution in [0.4, 0.5) is 5.82 Å². The van der Waals surface area contributed by atoms with Gasteiger partial charge in [0.2, 0.25) is 0 Å². The van der Waals surface area contributed by atoms with Gasteiger partial charge in [0.25, 0.3) is 5.91 Å². The number of nitrogens with zero attached hydrogens (tertiary/aromatic N) is 6. The molecule has 0 aliphatic heterocycles. The smallest absolute Gasteiger partial charge is 0.357 e. The highest BCUT2D eigenvalue weighted by Crippen LogP contribution is 2.29. The molecular weight excluding hydrogens is 458 g/mol. The number of carbonyl (C=O) groups is 2. The Morgan fingerprint density at radius 2 is 1.72 bits per heavy atom. The summed E-state index contributed by atoms with van der Waals surface area (Å²) in [6.07, 6.45) is 1.57. The standard InChI is InChI=1S/C26H23N7O3/c1-17-18(2)32(21-12-8-5-9-13-21)25(22(17)15-27)28-24(34)16-36-26(35)23(33-19(3)29-30-31-33)14-20-10-6-4-7-11-20/h4-14H,16H2,1-3H3,(H,28,34)/b23-14-. The molecule has 10 heteroatoms. The van der Waals surface area contributed by atoms with Crippen LogP contribution >= 0.6 is 0 Å². The highest BCUT2D eigenvalue weighted by atomic mass is 16.5. The molecule has 0 aliphatic carbocycles. The molecule has 0 unspecified atom stereocenters. The lowest BCUT2D eigenvalue weighted by atomic mass is 10.2. The number of tetrazole rings is 1. The van der Waals surface area contributed by atoms with Crippen molar-refractivity contribution in [1.82, 2.24) is 24.8 Å². The Kier molecular flexibility index (Phi) is 7.02. The van der Waals surface area contributed by atoms with Crippen molar-refractivity contribution in [2.24, 2.45) is 0 Å². The van der Waals surface area contributed by atoms with Crippen molar-refractivity contribution in [3.05, 3.63) is 88.9 Å². The van der Waals surface area contributed by atoms with E-state index in [0.29, 0.717) is 17.2 Å². The second kappa shape index (κ2) is 10.5. The van der Waals surface area contributed by atoms with E-state index in [1.54, 1.807) is 17.6 Å². The molecule has 0 radical (unpaired) electrons. The van der Waals surface area contributed by atoms with Gasteiger partial charge in [-0.1, -0.05) is 48.5 Å². The lowest BCUT2D eigenvalue weighted by Gasteiger charge is -2.13. The van der Waals surface area contributed by atoms with E-state index < -0.39 is 18.5 Å². The minimum absolute atomic E-state index is 0.0496. The number of aryl methyl sites for hydroxylation is 1. The average Bonchev–Trinajstić information content (AvgIpc) is 3.42. The van der Waals surface area contributed by atoms with Gasteiger partial charge in [-0.05, 0) is 60.5 Å². The zero-order valence-corrected chi connectivity index (χ0v) is 20.0. The first-order valence-corrected chi connectivity index (χ1v) is 11.1. The predicted molar refractivity (Wildman–Crippen MR) is 133 cm³/mol. The van der Waals surface area contributed by atoms with Gasteiger partial charge in [0.15, 0.2) is 18.1 Å². The van der Waals surface area contributed by atoms with Crippen LogP contribution in [0.1, 0.15) is 28.2 Å². The van der Waals surface area contributed by atoms with Gasteiger partial charge in [0.1, 0.15) is 11.9 Å². The number of nitrogens with one attached hydrogen (secondary N) is 1. The molecule has 2 aromatic heterocycles. The van der Waals surface area contributed by atoms with Gasteiger partial charge in [0.05, 0.1) is 5.56 Å². The van der Waals surface area contributed by atoms with Gasteiger partial charge in [-0.2, -0.15) is 9.94 Å². The summed E-state index contributed by atoms with van der Waals surface area (Å²) in [5, 5.41) is 23.7. The summed E-state index contributed by atoms with van der Waals surface area (Å²) in [6.45, 7) is 4.76. The fourth-order valence-electron chi connectivity index (χ4n) is 3.70. The van der Waals surface area contributed by atoms with Gasteiger partial charge >= 0.3 is 5.97 Å². The number of ether oxygens (including phenoxy) is 1. The average molecular weight is 482 g/mol. The number of rotatable bonds is 7. The van der Waals surface area contributed by atoms with E-state index in [4.69, 9.17) is 4.74 Å². The third kappa shape index (κ3) is 4.90. The lowest BCUT2D eigenvalue weighted by molar-refractivity contribution is -0.141. The Morgan fingerprint density at radius 3 is 2.33 bits per heavy atom. The fourth-order valence-corrected chi connectivity index (χ4v) is 3.70. The summed E-state index contributed by atoms with van der Waals surface area (Å²) in [7, 11) is 0. The summed E-state index contributed by atoms with van der Waals surface area (Å²) in [5.41, 5.74) is 3.46. The molecule has 180 valence electrons. The quantitative estimate of drug-likeness (QED) is 0.316. The summed E-state index contributed by atoms with van der Waals surface area (Å²) in [4.78, 5) is 25.8. The van der Waals surface area contributed by atoms with Crippen LogP contribution in [0.15, 0.2) is 60.7 Å². The molecule has 10 nitrogen and oxygen atoms in total. The Bertz CT molecular complexity index is 1480. The molecule has 0 saturated carbocycles. The number of para-hydroxylation sites is 1. The number of hydrogen-bond donors (Lipinski definition) is 1. The topological polar surface area (TPSA) is 128 Å². The number of amides is 1. The first-order valence-electron chi connectivity index (χ1n) is 11.1. The van der Waals surface area contributed by atoms with Gasteiger partial charge in [-0.3, -0.25) is 9.36 Å². The Labute approximate surface area is 207 Å². The summed E-state index contributed by atoms with van der Waals surface area (Å²) in [6, 6.07) is 20.6. The number of hydrogen-bond acceptors (Lipinski definition) is 7. The maximum Gasteiger partial charge on any atom is 0.357 e. The van der Waals surface area contributed by atoms with Crippen LogP contribution in [-0.2, 0) is 14.3 Å². The van der Waals surface area contributed by atoms with Crippen molar-refractivity contribution in [3.63, 3.8) is 0 Å². The first kappa shape index (κ1) is 24.1. The van der Waals surface area contributed by atoms with Gasteiger partial charge < -0.3 is 10.1 Å². The number of nitriles is 1. The SMILES string of the molecule is Cc1c(C#N)c(NC(=O)COC(=O)/C(=C/c2ccccc2)n2nnnc2C)n(-c2ccccc2)c1C. The van der Waals surface area contributed by atoms with E-state index in [-0.39, 0.29) is 5.70 Å². The number of aromatic nitrogens is 5. The zero-order chi connectivity index (χ0) is 25.7. The van der Waals surface area contributed by atoms with Gasteiger partial charge in [0, 0.05) is 11.4 Å². The molecule has 2 heterocycles. The lowest BCUT2D eigenvalue weighted by Crippen LogP contribution is -2.24. The third-order valence-electron chi connectivity index (χ3n) is 5.60. The van der Waals surface area contributed by atoms with Crippen LogP contribution in [-0.4, -0.2) is 43.3 Å². The largest absolute Gasteiger partial charge is 0.451 e. The van der Waals surface area contributed by atoms with Crippen LogP contribution < -0.4 is 5.32 Å². The normalized spacial score (nSPS) is 11.1. The minimum atomic E-state index is -0.782. The second-order valence-electron chi connectivity index (χ2n) is 7.92. The van der Waals surface area contributed by atoms with Crippen LogP contribution in [0.3, 0.4) is 0 Å². The molecule has 2 aromatic carbocycles.